The lowest BCUT2D eigenvalue weighted by Gasteiger charge is -2.16. The molecule has 0 aliphatic carbocycles. The number of aryl methyl sites for hydroxylation is 1. The molecule has 1 aromatic heterocycles. The van der Waals surface area contributed by atoms with Gasteiger partial charge in [0.2, 0.25) is 5.88 Å². The second kappa shape index (κ2) is 8.13. The molecule has 0 unspecified atom stereocenters. The molecule has 11 heteroatoms. The van der Waals surface area contributed by atoms with Gasteiger partial charge >= 0.3 is 18.1 Å². The van der Waals surface area contributed by atoms with Crippen LogP contribution in [0.1, 0.15) is 21.0 Å². The van der Waals surface area contributed by atoms with Gasteiger partial charge in [-0.3, -0.25) is 0 Å². The lowest BCUT2D eigenvalue weighted by molar-refractivity contribution is -0.289. The lowest BCUT2D eigenvalue weighted by atomic mass is 10.0. The summed E-state index contributed by atoms with van der Waals surface area (Å²) < 4.78 is 74.4. The number of hydrogen-bond acceptors (Lipinski definition) is 5. The van der Waals surface area contributed by atoms with Gasteiger partial charge in [-0.25, -0.2) is 4.79 Å². The van der Waals surface area contributed by atoms with Crippen molar-refractivity contribution in [3.63, 3.8) is 0 Å². The molecule has 0 saturated heterocycles. The molecule has 0 radical (unpaired) electrons. The van der Waals surface area contributed by atoms with Crippen LogP contribution in [0.25, 0.3) is 5.57 Å². The number of methoxy groups -OCH3 is 1. The van der Waals surface area contributed by atoms with E-state index in [1.165, 1.54) is 26.2 Å². The fourth-order valence-electron chi connectivity index (χ4n) is 2.17. The van der Waals surface area contributed by atoms with E-state index in [4.69, 9.17) is 9.47 Å². The van der Waals surface area contributed by atoms with E-state index in [2.05, 4.69) is 4.98 Å². The summed E-state index contributed by atoms with van der Waals surface area (Å²) in [5.74, 6) is -6.75. The highest BCUT2D eigenvalue weighted by Gasteiger charge is 2.61. The zero-order chi connectivity index (χ0) is 21.1. The summed E-state index contributed by atoms with van der Waals surface area (Å²) in [6, 6.07) is 6.16. The van der Waals surface area contributed by atoms with Gasteiger partial charge in [-0.2, -0.15) is 26.9 Å². The quantitative estimate of drug-likeness (QED) is 0.395. The summed E-state index contributed by atoms with van der Waals surface area (Å²) in [4.78, 5) is 14.7. The third-order valence-corrected chi connectivity index (χ3v) is 4.54. The van der Waals surface area contributed by atoms with Crippen LogP contribution in [0, 0.1) is 6.92 Å². The summed E-state index contributed by atoms with van der Waals surface area (Å²) in [7, 11) is 1.27. The molecule has 2 aromatic rings. The molecule has 5 nitrogen and oxygen atoms in total. The largest absolute Gasteiger partial charge is 0.503 e. The fourth-order valence-corrected chi connectivity index (χ4v) is 3.03. The van der Waals surface area contributed by atoms with Gasteiger partial charge in [0.05, 0.1) is 18.2 Å². The number of thiazole rings is 1. The Morgan fingerprint density at radius 1 is 1.25 bits per heavy atom. The molecular formula is C17H14F5NO4S. The van der Waals surface area contributed by atoms with Gasteiger partial charge in [0, 0.05) is 0 Å². The van der Waals surface area contributed by atoms with Crippen LogP contribution in [0.15, 0.2) is 30.5 Å². The smallest absolute Gasteiger partial charge is 0.460 e. The number of carbonyl (C=O) groups is 1. The van der Waals surface area contributed by atoms with Gasteiger partial charge < -0.3 is 14.6 Å². The Balaban J connectivity index is 2.30. The SMILES string of the molecule is CO/C=C(/C(=O)O)c1ccccc1COc1nc(C(F)(F)C(F)(F)F)sc1C. The number of ether oxygens (including phenoxy) is 2. The van der Waals surface area contributed by atoms with E-state index in [1.54, 1.807) is 12.1 Å². The summed E-state index contributed by atoms with van der Waals surface area (Å²) in [6.45, 7) is 0.995. The Morgan fingerprint density at radius 3 is 2.46 bits per heavy atom. The minimum absolute atomic E-state index is 0.0299. The van der Waals surface area contributed by atoms with Crippen molar-refractivity contribution in [1.82, 2.24) is 4.98 Å². The number of aromatic nitrogens is 1. The molecule has 1 aromatic carbocycles. The van der Waals surface area contributed by atoms with E-state index >= 15 is 0 Å². The summed E-state index contributed by atoms with van der Waals surface area (Å²) in [5.41, 5.74) is 0.413. The highest BCUT2D eigenvalue weighted by molar-refractivity contribution is 7.12. The van der Waals surface area contributed by atoms with Gasteiger partial charge in [-0.05, 0) is 18.1 Å². The van der Waals surface area contributed by atoms with Crippen LogP contribution < -0.4 is 4.74 Å². The Labute approximate surface area is 160 Å². The molecule has 0 atom stereocenters. The summed E-state index contributed by atoms with van der Waals surface area (Å²) in [6.07, 6.45) is -4.76. The Bertz CT molecular complexity index is 892. The van der Waals surface area contributed by atoms with E-state index in [0.717, 1.165) is 6.26 Å². The zero-order valence-electron chi connectivity index (χ0n) is 14.5. The first-order valence-electron chi connectivity index (χ1n) is 7.58. The normalized spacial score (nSPS) is 12.8. The Morgan fingerprint density at radius 2 is 1.89 bits per heavy atom. The first-order chi connectivity index (χ1) is 13.0. The van der Waals surface area contributed by atoms with Crippen molar-refractivity contribution < 1.29 is 41.3 Å². The Hall–Kier alpha value is -2.69. The van der Waals surface area contributed by atoms with Crippen LogP contribution in [0.5, 0.6) is 5.88 Å². The van der Waals surface area contributed by atoms with Crippen molar-refractivity contribution in [2.75, 3.05) is 7.11 Å². The number of hydrogen-bond donors (Lipinski definition) is 1. The van der Waals surface area contributed by atoms with E-state index in [1.807, 2.05) is 0 Å². The maximum Gasteiger partial charge on any atom is 0.460 e. The van der Waals surface area contributed by atoms with Crippen LogP contribution in [-0.2, 0) is 22.1 Å². The van der Waals surface area contributed by atoms with Gasteiger partial charge in [0.25, 0.3) is 0 Å². The van der Waals surface area contributed by atoms with Gasteiger partial charge in [-0.15, -0.1) is 11.3 Å². The molecule has 1 N–H and O–H groups in total. The van der Waals surface area contributed by atoms with E-state index in [9.17, 15) is 31.9 Å². The maximum absolute atomic E-state index is 13.4. The van der Waals surface area contributed by atoms with Crippen LogP contribution in [0.4, 0.5) is 22.0 Å². The standard InChI is InChI=1S/C17H14F5NO4S/c1-9-13(23-15(28-9)16(18,19)17(20,21)22)27-7-10-5-3-4-6-11(10)12(8-26-2)14(24)25/h3-6,8H,7H2,1-2H3,(H,24,25)/b12-8+. The summed E-state index contributed by atoms with van der Waals surface area (Å²) >= 11 is 0.175. The first-order valence-corrected chi connectivity index (χ1v) is 8.40. The van der Waals surface area contributed by atoms with Crippen LogP contribution in [0.3, 0.4) is 0 Å². The highest BCUT2D eigenvalue weighted by atomic mass is 32.1. The monoisotopic (exact) mass is 423 g/mol. The van der Waals surface area contributed by atoms with E-state index in [-0.39, 0.29) is 39.8 Å². The molecule has 0 spiro atoms. The topological polar surface area (TPSA) is 68.7 Å². The number of carboxylic acid groups (broad SMARTS) is 1. The number of carboxylic acids is 1. The minimum atomic E-state index is -5.78. The molecule has 1 heterocycles. The molecule has 0 saturated carbocycles. The van der Waals surface area contributed by atoms with E-state index < -0.39 is 23.1 Å². The van der Waals surface area contributed by atoms with Crippen molar-refractivity contribution >= 4 is 22.9 Å². The first kappa shape index (κ1) is 21.6. The molecule has 0 aliphatic heterocycles. The van der Waals surface area contributed by atoms with Crippen molar-refractivity contribution in [1.29, 1.82) is 0 Å². The highest BCUT2D eigenvalue weighted by Crippen LogP contribution is 2.46. The predicted octanol–water partition coefficient (Wildman–Crippen LogP) is 4.76. The van der Waals surface area contributed by atoms with Crippen molar-refractivity contribution in [3.05, 3.63) is 51.5 Å². The number of halogens is 5. The molecule has 0 bridgehead atoms. The predicted molar refractivity (Wildman–Crippen MR) is 90.2 cm³/mol. The van der Waals surface area contributed by atoms with E-state index in [0.29, 0.717) is 5.56 Å². The number of aliphatic carboxylic acids is 1. The molecular weight excluding hydrogens is 409 g/mol. The average Bonchev–Trinajstić information content (AvgIpc) is 2.98. The van der Waals surface area contributed by atoms with Gasteiger partial charge in [-0.1, -0.05) is 24.3 Å². The number of alkyl halides is 5. The van der Waals surface area contributed by atoms with Crippen molar-refractivity contribution in [2.45, 2.75) is 25.6 Å². The van der Waals surface area contributed by atoms with Crippen LogP contribution in [0.2, 0.25) is 0 Å². The van der Waals surface area contributed by atoms with Crippen LogP contribution in [-0.4, -0.2) is 29.3 Å². The number of nitrogens with zero attached hydrogens (tertiary/aromatic N) is 1. The maximum atomic E-state index is 13.4. The zero-order valence-corrected chi connectivity index (χ0v) is 15.3. The molecule has 2 rings (SSSR count). The molecule has 0 amide bonds. The second-order valence-corrected chi connectivity index (χ2v) is 6.67. The third-order valence-electron chi connectivity index (χ3n) is 3.52. The molecule has 152 valence electrons. The minimum Gasteiger partial charge on any atom is -0.503 e. The average molecular weight is 423 g/mol. The lowest BCUT2D eigenvalue weighted by Crippen LogP contribution is -2.33. The fraction of sp³-hybridized carbons (Fsp3) is 0.294. The van der Waals surface area contributed by atoms with Crippen molar-refractivity contribution in [2.24, 2.45) is 0 Å². The van der Waals surface area contributed by atoms with Gasteiger partial charge in [0.1, 0.15) is 12.2 Å². The number of benzene rings is 1. The second-order valence-electron chi connectivity index (χ2n) is 5.47. The summed E-state index contributed by atoms with van der Waals surface area (Å²) in [5, 5.41) is 7.87. The van der Waals surface area contributed by atoms with Crippen LogP contribution >= 0.6 is 11.3 Å². The molecule has 28 heavy (non-hydrogen) atoms. The number of rotatable bonds is 7. The van der Waals surface area contributed by atoms with Gasteiger partial charge in [0.15, 0.2) is 5.01 Å². The third kappa shape index (κ3) is 4.41. The Kier molecular flexibility index (Phi) is 6.27. The molecule has 0 fully saturated rings. The molecule has 0 aliphatic rings. The van der Waals surface area contributed by atoms with Crippen molar-refractivity contribution in [3.8, 4) is 5.88 Å².